The molecule has 5 aliphatic rings. The number of amides is 2. The summed E-state index contributed by atoms with van der Waals surface area (Å²) in [4.78, 5) is 34.2. The van der Waals surface area contributed by atoms with Crippen LogP contribution in [0.1, 0.15) is 68.2 Å². The van der Waals surface area contributed by atoms with Crippen LogP contribution in [0.25, 0.3) is 21.3 Å². The van der Waals surface area contributed by atoms with E-state index in [-0.39, 0.29) is 18.4 Å². The van der Waals surface area contributed by atoms with Crippen LogP contribution in [0.4, 0.5) is 4.79 Å². The Morgan fingerprint density at radius 2 is 1.76 bits per heavy atom. The number of rotatable bonds is 7. The van der Waals surface area contributed by atoms with E-state index in [1.165, 1.54) is 6.42 Å². The minimum absolute atomic E-state index is 0.0811. The van der Waals surface area contributed by atoms with Crippen LogP contribution >= 0.6 is 0 Å². The van der Waals surface area contributed by atoms with E-state index in [2.05, 4.69) is 25.6 Å². The van der Waals surface area contributed by atoms with Crippen molar-refractivity contribution in [3.63, 3.8) is 0 Å². The molecule has 42 heavy (non-hydrogen) atoms. The number of alkyl carbamates (subject to hydrolysis) is 1. The average molecular weight is 567 g/mol. The molecule has 9 heteroatoms. The Balaban J connectivity index is 1.14. The smallest absolute Gasteiger partial charge is 0.408 e. The average Bonchev–Trinajstić information content (AvgIpc) is 3.38. The molecule has 8 rings (SSSR count). The number of benzene rings is 2. The summed E-state index contributed by atoms with van der Waals surface area (Å²) in [5.41, 5.74) is 12.0. The summed E-state index contributed by atoms with van der Waals surface area (Å²) in [6, 6.07) is 14.9. The fraction of sp³-hybridized carbons (Fsp3) is 0.515. The first-order valence-electron chi connectivity index (χ1n) is 15.4. The molecular weight excluding hydrogens is 528 g/mol. The van der Waals surface area contributed by atoms with E-state index >= 15 is 0 Å². The highest BCUT2D eigenvalue weighted by Crippen LogP contribution is 2.54. The molecule has 9 nitrogen and oxygen atoms in total. The molecule has 0 radical (unpaired) electrons. The first kappa shape index (κ1) is 26.9. The normalized spacial score (nSPS) is 30.5. The van der Waals surface area contributed by atoms with Crippen molar-refractivity contribution < 1.29 is 14.3 Å². The summed E-state index contributed by atoms with van der Waals surface area (Å²) in [5.74, 6) is 2.08. The SMILES string of the molecule is CC(Cc1c[nH]c2ccccc12)(NC(=O)OC1C2CC3CC(C2)CC1C3)C(=O)NC1CCc2ccccc2C1N=[N+]=[N-]. The summed E-state index contributed by atoms with van der Waals surface area (Å²) in [7, 11) is 0. The summed E-state index contributed by atoms with van der Waals surface area (Å²) in [6.07, 6.45) is 8.85. The number of aromatic amines is 1. The third-order valence-corrected chi connectivity index (χ3v) is 10.5. The maximum Gasteiger partial charge on any atom is 0.408 e. The van der Waals surface area contributed by atoms with Crippen molar-refractivity contribution in [1.29, 1.82) is 0 Å². The van der Waals surface area contributed by atoms with Gasteiger partial charge in [0.2, 0.25) is 5.91 Å². The molecule has 4 saturated carbocycles. The molecule has 3 unspecified atom stereocenters. The van der Waals surface area contributed by atoms with Crippen LogP contribution in [0.5, 0.6) is 0 Å². The van der Waals surface area contributed by atoms with E-state index in [0.29, 0.717) is 18.3 Å². The number of para-hydroxylation sites is 1. The zero-order valence-electron chi connectivity index (χ0n) is 24.0. The number of aromatic nitrogens is 1. The van der Waals surface area contributed by atoms with Crippen LogP contribution in [0.3, 0.4) is 0 Å². The standard InChI is InChI=1S/C33H38N6O3/c1-33(17-24-18-35-27-9-5-4-7-25(24)27,37-32(41)42-30-22-13-19-12-20(15-22)16-23(30)14-19)31(40)36-28-11-10-21-6-2-3-8-26(21)29(28)38-39-34/h2-9,18-20,22-23,28-30,35H,10-17H2,1H3,(H,36,40)(H,37,41). The van der Waals surface area contributed by atoms with Crippen LogP contribution in [-0.4, -0.2) is 34.7 Å². The van der Waals surface area contributed by atoms with Gasteiger partial charge < -0.3 is 20.4 Å². The molecule has 2 amide bonds. The van der Waals surface area contributed by atoms with E-state index in [1.54, 1.807) is 6.92 Å². The van der Waals surface area contributed by atoms with Gasteiger partial charge in [0, 0.05) is 34.5 Å². The van der Waals surface area contributed by atoms with Crippen molar-refractivity contribution in [1.82, 2.24) is 15.6 Å². The number of nitrogens with zero attached hydrogens (tertiary/aromatic N) is 3. The van der Waals surface area contributed by atoms with Gasteiger partial charge in [-0.2, -0.15) is 0 Å². The summed E-state index contributed by atoms with van der Waals surface area (Å²) in [5, 5.41) is 11.3. The Hall–Kier alpha value is -3.97. The number of fused-ring (bicyclic) bond motifs is 2. The minimum Gasteiger partial charge on any atom is -0.446 e. The monoisotopic (exact) mass is 566 g/mol. The highest BCUT2D eigenvalue weighted by Gasteiger charge is 2.50. The number of aryl methyl sites for hydroxylation is 1. The lowest BCUT2D eigenvalue weighted by Crippen LogP contribution is -2.61. The summed E-state index contributed by atoms with van der Waals surface area (Å²) < 4.78 is 6.17. The largest absolute Gasteiger partial charge is 0.446 e. The molecule has 2 aromatic carbocycles. The number of hydrogen-bond acceptors (Lipinski definition) is 4. The molecule has 0 aliphatic heterocycles. The molecule has 3 atom stereocenters. The maximum atomic E-state index is 14.2. The molecule has 3 aromatic rings. The van der Waals surface area contributed by atoms with E-state index in [0.717, 1.165) is 71.5 Å². The number of azide groups is 1. The molecule has 4 bridgehead atoms. The third kappa shape index (κ3) is 4.90. The van der Waals surface area contributed by atoms with Crippen molar-refractivity contribution in [3.05, 3.63) is 81.9 Å². The fourth-order valence-corrected chi connectivity index (χ4v) is 8.70. The van der Waals surface area contributed by atoms with Gasteiger partial charge in [0.05, 0.1) is 6.04 Å². The van der Waals surface area contributed by atoms with Gasteiger partial charge in [0.15, 0.2) is 0 Å². The van der Waals surface area contributed by atoms with E-state index < -0.39 is 23.7 Å². The van der Waals surface area contributed by atoms with E-state index in [9.17, 15) is 15.1 Å². The number of carbonyl (C=O) groups excluding carboxylic acids is 2. The molecule has 1 heterocycles. The number of ether oxygens (including phenoxy) is 1. The van der Waals surface area contributed by atoms with E-state index in [1.807, 2.05) is 54.7 Å². The van der Waals surface area contributed by atoms with Gasteiger partial charge in [-0.25, -0.2) is 4.79 Å². The quantitative estimate of drug-likeness (QED) is 0.171. The fourth-order valence-electron chi connectivity index (χ4n) is 8.70. The first-order chi connectivity index (χ1) is 20.4. The first-order valence-corrected chi connectivity index (χ1v) is 15.4. The van der Waals surface area contributed by atoms with Crippen molar-refractivity contribution in [2.75, 3.05) is 0 Å². The lowest BCUT2D eigenvalue weighted by Gasteiger charge is -2.53. The zero-order valence-corrected chi connectivity index (χ0v) is 24.0. The maximum absolute atomic E-state index is 14.2. The van der Waals surface area contributed by atoms with Gasteiger partial charge in [-0.05, 0) is 104 Å². The molecular formula is C33H38N6O3. The molecule has 0 saturated heterocycles. The summed E-state index contributed by atoms with van der Waals surface area (Å²) >= 11 is 0. The number of nitrogens with one attached hydrogen (secondary N) is 3. The Labute approximate surface area is 245 Å². The topological polar surface area (TPSA) is 132 Å². The van der Waals surface area contributed by atoms with E-state index in [4.69, 9.17) is 4.74 Å². The van der Waals surface area contributed by atoms with Crippen molar-refractivity contribution in [2.45, 2.75) is 82.0 Å². The number of hydrogen-bond donors (Lipinski definition) is 3. The predicted octanol–water partition coefficient (Wildman–Crippen LogP) is 6.50. The lowest BCUT2D eigenvalue weighted by atomic mass is 9.55. The Bertz CT molecular complexity index is 1530. The van der Waals surface area contributed by atoms with Crippen LogP contribution in [0, 0.1) is 23.7 Å². The molecule has 218 valence electrons. The third-order valence-electron chi connectivity index (χ3n) is 10.5. The van der Waals surface area contributed by atoms with Crippen molar-refractivity contribution in [3.8, 4) is 0 Å². The predicted molar refractivity (Wildman–Crippen MR) is 159 cm³/mol. The molecule has 1 aromatic heterocycles. The van der Waals surface area contributed by atoms with Crippen LogP contribution in [-0.2, 0) is 22.4 Å². The molecule has 5 aliphatic carbocycles. The highest BCUT2D eigenvalue weighted by molar-refractivity contribution is 5.92. The molecule has 3 N–H and O–H groups in total. The number of carbonyl (C=O) groups is 2. The van der Waals surface area contributed by atoms with Gasteiger partial charge in [0.25, 0.3) is 0 Å². The molecule has 0 spiro atoms. The second-order valence-corrected chi connectivity index (χ2v) is 13.3. The number of H-pyrrole nitrogens is 1. The second kappa shape index (κ2) is 10.7. The van der Waals surface area contributed by atoms with Crippen LogP contribution in [0.15, 0.2) is 59.8 Å². The lowest BCUT2D eigenvalue weighted by molar-refractivity contribution is -0.128. The zero-order chi connectivity index (χ0) is 28.8. The highest BCUT2D eigenvalue weighted by atomic mass is 16.6. The Kier molecular flexibility index (Phi) is 6.85. The molecule has 4 fully saturated rings. The second-order valence-electron chi connectivity index (χ2n) is 13.3. The van der Waals surface area contributed by atoms with Crippen LogP contribution in [0.2, 0.25) is 0 Å². The van der Waals surface area contributed by atoms with Crippen molar-refractivity contribution in [2.24, 2.45) is 28.8 Å². The Morgan fingerprint density at radius 3 is 2.52 bits per heavy atom. The Morgan fingerprint density at radius 1 is 1.05 bits per heavy atom. The van der Waals surface area contributed by atoms with Gasteiger partial charge in [0.1, 0.15) is 11.6 Å². The van der Waals surface area contributed by atoms with Crippen LogP contribution < -0.4 is 10.6 Å². The van der Waals surface area contributed by atoms with Gasteiger partial charge >= 0.3 is 6.09 Å². The van der Waals surface area contributed by atoms with Gasteiger partial charge in [-0.3, -0.25) is 4.79 Å². The minimum atomic E-state index is -1.30. The van der Waals surface area contributed by atoms with Crippen molar-refractivity contribution >= 4 is 22.9 Å². The van der Waals surface area contributed by atoms with Gasteiger partial charge in [-0.1, -0.05) is 47.6 Å². The summed E-state index contributed by atoms with van der Waals surface area (Å²) in [6.45, 7) is 1.77. The van der Waals surface area contributed by atoms with Gasteiger partial charge in [-0.15, -0.1) is 0 Å².